The molecule has 3 amide bonds. The van der Waals surface area contributed by atoms with Gasteiger partial charge >= 0.3 is 5.97 Å². The average Bonchev–Trinajstić information content (AvgIpc) is 2.77. The number of ether oxygens (including phenoxy) is 1. The third-order valence-electron chi connectivity index (χ3n) is 4.51. The van der Waals surface area contributed by atoms with Crippen molar-refractivity contribution in [2.75, 3.05) is 22.6 Å². The van der Waals surface area contributed by atoms with Crippen molar-refractivity contribution in [2.24, 2.45) is 0 Å². The van der Waals surface area contributed by atoms with Gasteiger partial charge in [0.1, 0.15) is 6.04 Å². The van der Waals surface area contributed by atoms with Crippen LogP contribution in [0.4, 0.5) is 11.4 Å². The molecule has 2 aromatic rings. The van der Waals surface area contributed by atoms with Crippen LogP contribution in [0, 0.1) is 0 Å². The highest BCUT2D eigenvalue weighted by Gasteiger charge is 2.27. The Labute approximate surface area is 212 Å². The van der Waals surface area contributed by atoms with Crippen molar-refractivity contribution in [3.05, 3.63) is 58.1 Å². The van der Waals surface area contributed by atoms with Crippen LogP contribution in [0.5, 0.6) is 0 Å². The van der Waals surface area contributed by atoms with E-state index in [1.807, 2.05) is 6.26 Å². The molecule has 2 rings (SSSR count). The molecule has 0 heterocycles. The maximum atomic E-state index is 12.7. The highest BCUT2D eigenvalue weighted by atomic mass is 35.5. The molecule has 0 bridgehead atoms. The van der Waals surface area contributed by atoms with Crippen molar-refractivity contribution in [3.8, 4) is 0 Å². The van der Waals surface area contributed by atoms with E-state index in [4.69, 9.17) is 27.9 Å². The molecule has 2 aromatic carbocycles. The molecular formula is C23H25Cl2N3O5S. The minimum atomic E-state index is -1.12. The van der Waals surface area contributed by atoms with Crippen molar-refractivity contribution in [1.82, 2.24) is 5.32 Å². The fourth-order valence-corrected chi connectivity index (χ4v) is 3.75. The molecule has 0 aromatic heterocycles. The maximum absolute atomic E-state index is 12.7. The summed E-state index contributed by atoms with van der Waals surface area (Å²) in [5.74, 6) is -1.47. The van der Waals surface area contributed by atoms with Crippen LogP contribution in [0.15, 0.2) is 42.5 Å². The fourth-order valence-electron chi connectivity index (χ4n) is 2.79. The van der Waals surface area contributed by atoms with Crippen LogP contribution in [0.3, 0.4) is 0 Å². The minimum absolute atomic E-state index is 0.152. The summed E-state index contributed by atoms with van der Waals surface area (Å²) in [5.41, 5.74) is 1.21. The zero-order chi connectivity index (χ0) is 25.3. The van der Waals surface area contributed by atoms with E-state index in [2.05, 4.69) is 16.0 Å². The van der Waals surface area contributed by atoms with Crippen molar-refractivity contribution < 1.29 is 23.9 Å². The van der Waals surface area contributed by atoms with E-state index in [1.165, 1.54) is 43.8 Å². The zero-order valence-electron chi connectivity index (χ0n) is 18.8. The lowest BCUT2D eigenvalue weighted by atomic mass is 10.1. The first-order valence-electron chi connectivity index (χ1n) is 10.2. The molecule has 2 atom stereocenters. The number of nitrogens with one attached hydrogen (secondary N) is 3. The van der Waals surface area contributed by atoms with Gasteiger partial charge in [0.15, 0.2) is 6.10 Å². The first-order valence-corrected chi connectivity index (χ1v) is 12.4. The number of benzene rings is 2. The number of anilines is 2. The Morgan fingerprint density at radius 2 is 1.62 bits per heavy atom. The first-order chi connectivity index (χ1) is 16.1. The van der Waals surface area contributed by atoms with Gasteiger partial charge in [-0.2, -0.15) is 11.8 Å². The molecule has 0 aliphatic carbocycles. The molecule has 0 radical (unpaired) electrons. The van der Waals surface area contributed by atoms with Gasteiger partial charge in [0.2, 0.25) is 5.91 Å². The van der Waals surface area contributed by atoms with Crippen LogP contribution in [0.2, 0.25) is 10.0 Å². The molecule has 0 spiro atoms. The lowest BCUT2D eigenvalue weighted by molar-refractivity contribution is -0.155. The fraction of sp³-hybridized carbons (Fsp3) is 0.304. The number of carbonyl (C=O) groups is 4. The summed E-state index contributed by atoms with van der Waals surface area (Å²) in [6.45, 7) is 2.83. The van der Waals surface area contributed by atoms with Crippen molar-refractivity contribution >= 4 is 70.0 Å². The van der Waals surface area contributed by atoms with Gasteiger partial charge in [-0.25, -0.2) is 4.79 Å². The Morgan fingerprint density at radius 3 is 2.18 bits per heavy atom. The molecule has 0 aliphatic heterocycles. The van der Waals surface area contributed by atoms with Crippen molar-refractivity contribution in [1.29, 1.82) is 0 Å². The van der Waals surface area contributed by atoms with E-state index < -0.39 is 29.9 Å². The molecule has 0 saturated heterocycles. The highest BCUT2D eigenvalue weighted by molar-refractivity contribution is 7.98. The molecule has 0 saturated carbocycles. The normalized spacial score (nSPS) is 12.3. The number of thioether (sulfide) groups is 1. The van der Waals surface area contributed by atoms with Crippen molar-refractivity contribution in [2.45, 2.75) is 32.4 Å². The smallest absolute Gasteiger partial charge is 0.329 e. The second kappa shape index (κ2) is 13.2. The number of esters is 1. The Kier molecular flexibility index (Phi) is 10.7. The Morgan fingerprint density at radius 1 is 1.00 bits per heavy atom. The van der Waals surface area contributed by atoms with Gasteiger partial charge in [0, 0.05) is 23.3 Å². The van der Waals surface area contributed by atoms with E-state index >= 15 is 0 Å². The van der Waals surface area contributed by atoms with Gasteiger partial charge in [-0.3, -0.25) is 14.4 Å². The van der Waals surface area contributed by atoms with Crippen LogP contribution in [0.25, 0.3) is 0 Å². The van der Waals surface area contributed by atoms with E-state index in [-0.39, 0.29) is 16.5 Å². The third kappa shape index (κ3) is 8.55. The van der Waals surface area contributed by atoms with Gasteiger partial charge in [-0.05, 0) is 67.8 Å². The summed E-state index contributed by atoms with van der Waals surface area (Å²) >= 11 is 13.5. The van der Waals surface area contributed by atoms with Gasteiger partial charge in [-0.1, -0.05) is 23.2 Å². The molecule has 11 heteroatoms. The lowest BCUT2D eigenvalue weighted by Crippen LogP contribution is -2.44. The Hall–Kier alpha value is -2.75. The molecule has 3 N–H and O–H groups in total. The number of halogens is 2. The molecule has 0 unspecified atom stereocenters. The molecule has 8 nitrogen and oxygen atoms in total. The van der Waals surface area contributed by atoms with Gasteiger partial charge < -0.3 is 20.7 Å². The molecule has 0 aliphatic rings. The number of amides is 3. The topological polar surface area (TPSA) is 114 Å². The molecule has 0 fully saturated rings. The average molecular weight is 526 g/mol. The second-order valence-corrected chi connectivity index (χ2v) is 9.09. The minimum Gasteiger partial charge on any atom is -0.451 e. The van der Waals surface area contributed by atoms with E-state index in [9.17, 15) is 19.2 Å². The summed E-state index contributed by atoms with van der Waals surface area (Å²) in [4.78, 5) is 49.0. The number of rotatable bonds is 10. The largest absolute Gasteiger partial charge is 0.451 e. The summed E-state index contributed by atoms with van der Waals surface area (Å²) in [5, 5.41) is 8.42. The van der Waals surface area contributed by atoms with Crippen LogP contribution >= 0.6 is 35.0 Å². The Bertz CT molecular complexity index is 1050. The summed E-state index contributed by atoms with van der Waals surface area (Å²) in [6.07, 6.45) is 1.05. The highest BCUT2D eigenvalue weighted by Crippen LogP contribution is 2.21. The summed E-state index contributed by atoms with van der Waals surface area (Å²) in [7, 11) is 0. The lowest BCUT2D eigenvalue weighted by Gasteiger charge is -2.20. The second-order valence-electron chi connectivity index (χ2n) is 7.26. The van der Waals surface area contributed by atoms with Crippen LogP contribution in [0.1, 0.15) is 30.6 Å². The maximum Gasteiger partial charge on any atom is 0.329 e. The first kappa shape index (κ1) is 27.5. The SMILES string of the molecule is CSCC[C@H](NC(=O)c1ccc(Cl)cc1Cl)C(=O)O[C@H](C)C(=O)Nc1ccc(NC(C)=O)cc1. The molecule has 34 heavy (non-hydrogen) atoms. The van der Waals surface area contributed by atoms with Gasteiger partial charge in [0.25, 0.3) is 11.8 Å². The monoisotopic (exact) mass is 525 g/mol. The van der Waals surface area contributed by atoms with Gasteiger partial charge in [-0.15, -0.1) is 0 Å². The number of hydrogen-bond acceptors (Lipinski definition) is 6. The van der Waals surface area contributed by atoms with Crippen LogP contribution in [-0.4, -0.2) is 47.8 Å². The predicted molar refractivity (Wildman–Crippen MR) is 136 cm³/mol. The third-order valence-corrected chi connectivity index (χ3v) is 5.70. The number of hydrogen-bond donors (Lipinski definition) is 3. The molecular weight excluding hydrogens is 501 g/mol. The quantitative estimate of drug-likeness (QED) is 0.396. The number of carbonyl (C=O) groups excluding carboxylic acids is 4. The zero-order valence-corrected chi connectivity index (χ0v) is 21.1. The van der Waals surface area contributed by atoms with E-state index in [0.717, 1.165) is 0 Å². The van der Waals surface area contributed by atoms with E-state index in [1.54, 1.807) is 24.3 Å². The summed E-state index contributed by atoms with van der Waals surface area (Å²) in [6, 6.07) is 9.91. The van der Waals surface area contributed by atoms with Gasteiger partial charge in [0.05, 0.1) is 10.6 Å². The Balaban J connectivity index is 2.00. The predicted octanol–water partition coefficient (Wildman–Crippen LogP) is 4.37. The van der Waals surface area contributed by atoms with E-state index in [0.29, 0.717) is 28.6 Å². The van der Waals surface area contributed by atoms with Crippen LogP contribution < -0.4 is 16.0 Å². The standard InChI is InChI=1S/C23H25Cl2N3O5S/c1-13(21(30)27-17-7-5-16(6-8-17)26-14(2)29)33-23(32)20(10-11-34-3)28-22(31)18-9-4-15(24)12-19(18)25/h4-9,12-13,20H,10-11H2,1-3H3,(H,26,29)(H,27,30)(H,28,31)/t13-,20+/m1/s1. The van der Waals surface area contributed by atoms with Crippen molar-refractivity contribution in [3.63, 3.8) is 0 Å². The molecule has 182 valence electrons. The van der Waals surface area contributed by atoms with Crippen LogP contribution in [-0.2, 0) is 19.1 Å². The summed E-state index contributed by atoms with van der Waals surface area (Å²) < 4.78 is 5.32.